The average Bonchev–Trinajstić information content (AvgIpc) is 2.92. The number of benzene rings is 1. The van der Waals surface area contributed by atoms with Crippen LogP contribution in [-0.2, 0) is 9.53 Å². The Morgan fingerprint density at radius 1 is 1.30 bits per heavy atom. The van der Waals surface area contributed by atoms with Gasteiger partial charge in [0.05, 0.1) is 12.4 Å². The maximum Gasteiger partial charge on any atom is 0.333 e. The van der Waals surface area contributed by atoms with Crippen molar-refractivity contribution in [3.05, 3.63) is 34.6 Å². The van der Waals surface area contributed by atoms with E-state index in [1.165, 1.54) is 10.9 Å². The van der Waals surface area contributed by atoms with E-state index in [1.807, 2.05) is 0 Å². The fraction of sp³-hybridized carbons (Fsp3) is 0.231. The van der Waals surface area contributed by atoms with Gasteiger partial charge in [-0.1, -0.05) is 35.0 Å². The molecule has 0 bridgehead atoms. The highest BCUT2D eigenvalue weighted by atomic mass is 35.5. The number of halogens is 2. The van der Waals surface area contributed by atoms with Crippen molar-refractivity contribution in [1.29, 1.82) is 0 Å². The number of carbonyl (C=O) groups is 2. The molecule has 23 heavy (non-hydrogen) atoms. The second-order valence-corrected chi connectivity index (χ2v) is 5.98. The number of ether oxygens (including phenoxy) is 1. The summed E-state index contributed by atoms with van der Waals surface area (Å²) in [4.78, 5) is 23.6. The number of nitrogens with one attached hydrogen (secondary N) is 1. The van der Waals surface area contributed by atoms with Crippen molar-refractivity contribution in [3.8, 4) is 0 Å². The number of esters is 1. The zero-order valence-corrected chi connectivity index (χ0v) is 14.3. The van der Waals surface area contributed by atoms with E-state index in [0.29, 0.717) is 22.3 Å². The van der Waals surface area contributed by atoms with E-state index in [2.05, 4.69) is 15.5 Å². The lowest BCUT2D eigenvalue weighted by atomic mass is 10.3. The molecule has 1 aromatic carbocycles. The predicted molar refractivity (Wildman–Crippen MR) is 88.3 cm³/mol. The zero-order valence-electron chi connectivity index (χ0n) is 12.0. The van der Waals surface area contributed by atoms with E-state index >= 15 is 0 Å². The summed E-state index contributed by atoms with van der Waals surface area (Å²) in [6, 6.07) is 4.17. The summed E-state index contributed by atoms with van der Waals surface area (Å²) >= 11 is 12.8. The molecule has 0 saturated carbocycles. The molecule has 1 heterocycles. The highest BCUT2D eigenvalue weighted by Crippen LogP contribution is 2.23. The molecule has 2 rings (SSSR count). The normalized spacial score (nSPS) is 10.4. The summed E-state index contributed by atoms with van der Waals surface area (Å²) in [6.45, 7) is 2.01. The molecule has 2 aromatic rings. The fourth-order valence-corrected chi connectivity index (χ4v) is 2.83. The highest BCUT2D eigenvalue weighted by molar-refractivity contribution is 7.99. The maximum absolute atomic E-state index is 12.2. The fourth-order valence-electron chi connectivity index (χ4n) is 1.60. The average molecular weight is 375 g/mol. The number of aromatic nitrogens is 3. The first-order valence-corrected chi connectivity index (χ1v) is 8.19. The van der Waals surface area contributed by atoms with Gasteiger partial charge in [0.1, 0.15) is 6.33 Å². The Kier molecular flexibility index (Phi) is 6.26. The van der Waals surface area contributed by atoms with E-state index in [1.54, 1.807) is 25.1 Å². The van der Waals surface area contributed by atoms with Crippen LogP contribution >= 0.6 is 35.0 Å². The number of hydrogen-bond acceptors (Lipinski definition) is 6. The molecule has 0 aliphatic rings. The van der Waals surface area contributed by atoms with Gasteiger partial charge in [-0.15, -0.1) is 10.2 Å². The molecule has 0 radical (unpaired) electrons. The van der Waals surface area contributed by atoms with Crippen LogP contribution in [0.3, 0.4) is 0 Å². The molecule has 7 nitrogen and oxygen atoms in total. The molecule has 122 valence electrons. The number of thioether (sulfide) groups is 1. The molecule has 0 saturated heterocycles. The monoisotopic (exact) mass is 374 g/mol. The lowest BCUT2D eigenvalue weighted by Gasteiger charge is -2.08. The van der Waals surface area contributed by atoms with Gasteiger partial charge in [-0.3, -0.25) is 4.79 Å². The Morgan fingerprint density at radius 2 is 2.00 bits per heavy atom. The largest absolute Gasteiger partial charge is 0.465 e. The summed E-state index contributed by atoms with van der Waals surface area (Å²) in [5.74, 6) is -0.364. The first-order chi connectivity index (χ1) is 11.0. The SMILES string of the molecule is CCOC(=O)CSc1nncn1C(=O)Nc1cc(Cl)cc(Cl)c1. The number of hydrogen-bond donors (Lipinski definition) is 1. The maximum atomic E-state index is 12.2. The molecular weight excluding hydrogens is 363 g/mol. The molecule has 0 spiro atoms. The third kappa shape index (κ3) is 5.12. The van der Waals surface area contributed by atoms with E-state index in [0.717, 1.165) is 11.8 Å². The molecule has 0 unspecified atom stereocenters. The van der Waals surface area contributed by atoms with Crippen molar-refractivity contribution in [1.82, 2.24) is 14.8 Å². The minimum absolute atomic E-state index is 0.0306. The summed E-state index contributed by atoms with van der Waals surface area (Å²) < 4.78 is 5.99. The van der Waals surface area contributed by atoms with Crippen molar-refractivity contribution in [2.24, 2.45) is 0 Å². The van der Waals surface area contributed by atoms with E-state index < -0.39 is 12.0 Å². The summed E-state index contributed by atoms with van der Waals surface area (Å²) in [7, 11) is 0. The molecule has 0 atom stereocenters. The number of rotatable bonds is 5. The standard InChI is InChI=1S/C13H12Cl2N4O3S/c1-2-22-11(20)6-23-13-18-16-7-19(13)12(21)17-10-4-8(14)3-9(15)5-10/h3-5,7H,2,6H2,1H3,(H,17,21). The third-order valence-corrected chi connectivity index (χ3v) is 3.83. The Balaban J connectivity index is 2.05. The van der Waals surface area contributed by atoms with Gasteiger partial charge in [-0.2, -0.15) is 0 Å². The second kappa shape index (κ2) is 8.19. The molecule has 0 aliphatic carbocycles. The van der Waals surface area contributed by atoms with E-state index in [9.17, 15) is 9.59 Å². The molecule has 0 fully saturated rings. The molecule has 1 N–H and O–H groups in total. The Morgan fingerprint density at radius 3 is 2.65 bits per heavy atom. The van der Waals surface area contributed by atoms with Crippen molar-refractivity contribution in [2.45, 2.75) is 12.1 Å². The molecule has 10 heteroatoms. The second-order valence-electron chi connectivity index (χ2n) is 4.17. The highest BCUT2D eigenvalue weighted by Gasteiger charge is 2.15. The quantitative estimate of drug-likeness (QED) is 0.637. The smallest absolute Gasteiger partial charge is 0.333 e. The molecule has 1 aromatic heterocycles. The van der Waals surface area contributed by atoms with E-state index in [4.69, 9.17) is 27.9 Å². The summed E-state index contributed by atoms with van der Waals surface area (Å²) in [5.41, 5.74) is 0.433. The van der Waals surface area contributed by atoms with Crippen LogP contribution in [0.15, 0.2) is 29.7 Å². The van der Waals surface area contributed by atoms with Crippen LogP contribution in [0.25, 0.3) is 0 Å². The van der Waals surface area contributed by atoms with Gasteiger partial charge >= 0.3 is 12.0 Å². The molecule has 0 aliphatic heterocycles. The van der Waals surface area contributed by atoms with Gasteiger partial charge in [-0.05, 0) is 25.1 Å². The van der Waals surface area contributed by atoms with Crippen LogP contribution < -0.4 is 5.32 Å². The van der Waals surface area contributed by atoms with Gasteiger partial charge in [0.25, 0.3) is 0 Å². The van der Waals surface area contributed by atoms with Gasteiger partial charge in [-0.25, -0.2) is 9.36 Å². The van der Waals surface area contributed by atoms with Crippen molar-refractivity contribution in [3.63, 3.8) is 0 Å². The molecular formula is C13H12Cl2N4O3S. The van der Waals surface area contributed by atoms with Crippen LogP contribution in [0.2, 0.25) is 10.0 Å². The summed E-state index contributed by atoms with van der Waals surface area (Å²) in [5, 5.41) is 11.2. The number of nitrogens with zero attached hydrogens (tertiary/aromatic N) is 3. The predicted octanol–water partition coefficient (Wildman–Crippen LogP) is 3.32. The van der Waals surface area contributed by atoms with Crippen molar-refractivity contribution in [2.75, 3.05) is 17.7 Å². The minimum Gasteiger partial charge on any atom is -0.465 e. The first-order valence-electron chi connectivity index (χ1n) is 6.45. The number of amides is 1. The Bertz CT molecular complexity index is 703. The third-order valence-electron chi connectivity index (χ3n) is 2.47. The topological polar surface area (TPSA) is 86.1 Å². The van der Waals surface area contributed by atoms with Gasteiger partial charge in [0.15, 0.2) is 5.16 Å². The first kappa shape index (κ1) is 17.6. The van der Waals surface area contributed by atoms with Gasteiger partial charge in [0.2, 0.25) is 0 Å². The van der Waals surface area contributed by atoms with Crippen molar-refractivity contribution < 1.29 is 14.3 Å². The van der Waals surface area contributed by atoms with Gasteiger partial charge in [0, 0.05) is 15.7 Å². The lowest BCUT2D eigenvalue weighted by Crippen LogP contribution is -2.20. The zero-order chi connectivity index (χ0) is 16.8. The molecule has 1 amide bonds. The van der Waals surface area contributed by atoms with Crippen LogP contribution in [0.1, 0.15) is 6.92 Å². The number of anilines is 1. The summed E-state index contributed by atoms with van der Waals surface area (Å²) in [6.07, 6.45) is 1.25. The van der Waals surface area contributed by atoms with Gasteiger partial charge < -0.3 is 10.1 Å². The Labute approximate surface area is 146 Å². The Hall–Kier alpha value is -1.77. The van der Waals surface area contributed by atoms with Crippen LogP contribution in [0.4, 0.5) is 10.5 Å². The van der Waals surface area contributed by atoms with Crippen LogP contribution in [0.5, 0.6) is 0 Å². The van der Waals surface area contributed by atoms with E-state index in [-0.39, 0.29) is 10.9 Å². The van der Waals surface area contributed by atoms with Crippen LogP contribution in [0, 0.1) is 0 Å². The lowest BCUT2D eigenvalue weighted by molar-refractivity contribution is -0.139. The van der Waals surface area contributed by atoms with Crippen LogP contribution in [-0.4, -0.2) is 39.1 Å². The number of carbonyl (C=O) groups excluding carboxylic acids is 2. The minimum atomic E-state index is -0.500. The van der Waals surface area contributed by atoms with Crippen molar-refractivity contribution >= 4 is 52.7 Å².